The number of H-pyrrole nitrogens is 1. The minimum Gasteiger partial charge on any atom is -0.398 e. The Hall–Kier alpha value is -3.89. The van der Waals surface area contributed by atoms with Crippen LogP contribution >= 0.6 is 0 Å². The number of benzene rings is 2. The highest BCUT2D eigenvalue weighted by Gasteiger charge is 2.23. The van der Waals surface area contributed by atoms with E-state index in [2.05, 4.69) is 39.1 Å². The molecule has 6 rings (SSSR count). The highest BCUT2D eigenvalue weighted by molar-refractivity contribution is 6.08. The third-order valence-corrected chi connectivity index (χ3v) is 8.02. The summed E-state index contributed by atoms with van der Waals surface area (Å²) in [6.07, 6.45) is 7.54. The number of nitrogens with one attached hydrogen (secondary N) is 1. The number of Topliss-reactive ketones (excluding diaryl/α,β-unsaturated/α-hetero) is 1. The number of fused-ring (bicyclic) bond motifs is 3. The van der Waals surface area contributed by atoms with E-state index in [1.807, 2.05) is 6.07 Å². The number of nitrogen functional groups attached to an aromatic ring is 1. The zero-order valence-electron chi connectivity index (χ0n) is 21.1. The van der Waals surface area contributed by atoms with E-state index < -0.39 is 0 Å². The average Bonchev–Trinajstić information content (AvgIpc) is 3.37. The second-order valence-corrected chi connectivity index (χ2v) is 10.3. The molecular weight excluding hydrogens is 460 g/mol. The van der Waals surface area contributed by atoms with Gasteiger partial charge in [0.15, 0.2) is 5.78 Å². The lowest BCUT2D eigenvalue weighted by Crippen LogP contribution is -2.46. The van der Waals surface area contributed by atoms with Gasteiger partial charge < -0.3 is 15.6 Å². The Morgan fingerprint density at radius 2 is 1.92 bits per heavy atom. The fourth-order valence-electron chi connectivity index (χ4n) is 5.95. The first kappa shape index (κ1) is 23.5. The number of aryl methyl sites for hydroxylation is 1. The molecule has 2 aromatic heterocycles. The van der Waals surface area contributed by atoms with Crippen LogP contribution in [0.2, 0.25) is 0 Å². The third-order valence-electron chi connectivity index (χ3n) is 8.02. The lowest BCUT2D eigenvalue weighted by atomic mass is 9.92. The van der Waals surface area contributed by atoms with Crippen molar-refractivity contribution in [3.63, 3.8) is 0 Å². The molecule has 0 amide bonds. The lowest BCUT2D eigenvalue weighted by molar-refractivity contribution is 0.0976. The maximum absolute atomic E-state index is 12.9. The molecule has 1 aliphatic carbocycles. The number of nitriles is 1. The van der Waals surface area contributed by atoms with Gasteiger partial charge in [0.25, 0.3) is 0 Å². The molecule has 0 radical (unpaired) electrons. The molecule has 0 atom stereocenters. The Bertz CT molecular complexity index is 1520. The smallest absolute Gasteiger partial charge is 0.165 e. The summed E-state index contributed by atoms with van der Waals surface area (Å²) >= 11 is 0. The van der Waals surface area contributed by atoms with Gasteiger partial charge in [0, 0.05) is 72.0 Å². The molecule has 0 saturated carbocycles. The summed E-state index contributed by atoms with van der Waals surface area (Å²) in [5.41, 5.74) is 14.3. The predicted octanol–water partition coefficient (Wildman–Crippen LogP) is 4.83. The van der Waals surface area contributed by atoms with E-state index in [0.717, 1.165) is 79.5 Å². The number of nitrogens with two attached hydrogens (primary N) is 1. The molecule has 1 fully saturated rings. The number of ketones is 1. The summed E-state index contributed by atoms with van der Waals surface area (Å²) < 4.78 is 0. The third kappa shape index (κ3) is 4.42. The number of anilines is 2. The van der Waals surface area contributed by atoms with Crippen LogP contribution in [-0.2, 0) is 12.8 Å². The van der Waals surface area contributed by atoms with Crippen LogP contribution in [0, 0.1) is 11.3 Å². The summed E-state index contributed by atoms with van der Waals surface area (Å²) in [7, 11) is 0. The van der Waals surface area contributed by atoms with Crippen LogP contribution in [0.15, 0.2) is 42.6 Å². The molecule has 0 unspecified atom stereocenters. The number of carbonyl (C=O) groups excluding carboxylic acids is 1. The number of aromatic nitrogens is 2. The molecular formula is C30H32N6O. The lowest BCUT2D eigenvalue weighted by Gasteiger charge is -2.36. The van der Waals surface area contributed by atoms with Gasteiger partial charge in [-0.3, -0.25) is 14.7 Å². The molecule has 7 heteroatoms. The maximum atomic E-state index is 12.9. The SMILES string of the molecule is N#Cc1ccc2[nH]cc(C(=O)CCCN3CCN(c4cccc5c(N)c6c(nc45)CCCC6)CC3)c2c1. The van der Waals surface area contributed by atoms with Gasteiger partial charge in [-0.2, -0.15) is 5.26 Å². The van der Waals surface area contributed by atoms with Crippen molar-refractivity contribution < 1.29 is 4.79 Å². The fraction of sp³-hybridized carbons (Fsp3) is 0.367. The minimum absolute atomic E-state index is 0.128. The van der Waals surface area contributed by atoms with Crippen LogP contribution in [0.4, 0.5) is 11.4 Å². The Labute approximate surface area is 216 Å². The molecule has 0 bridgehead atoms. The monoisotopic (exact) mass is 492 g/mol. The zero-order valence-corrected chi connectivity index (χ0v) is 21.1. The second kappa shape index (κ2) is 9.87. The number of rotatable bonds is 6. The highest BCUT2D eigenvalue weighted by atomic mass is 16.1. The number of carbonyl (C=O) groups is 1. The van der Waals surface area contributed by atoms with Gasteiger partial charge in [0.2, 0.25) is 0 Å². The summed E-state index contributed by atoms with van der Waals surface area (Å²) in [6.45, 7) is 4.70. The van der Waals surface area contributed by atoms with Crippen molar-refractivity contribution in [3.05, 3.63) is 65.0 Å². The molecule has 3 N–H and O–H groups in total. The Morgan fingerprint density at radius 1 is 1.08 bits per heavy atom. The number of hydrogen-bond donors (Lipinski definition) is 2. The summed E-state index contributed by atoms with van der Waals surface area (Å²) in [4.78, 5) is 26.0. The van der Waals surface area contributed by atoms with Gasteiger partial charge in [-0.1, -0.05) is 12.1 Å². The summed E-state index contributed by atoms with van der Waals surface area (Å²) in [5.74, 6) is 0.128. The first-order valence-electron chi connectivity index (χ1n) is 13.3. The Morgan fingerprint density at radius 3 is 2.76 bits per heavy atom. The number of nitrogens with zero attached hydrogens (tertiary/aromatic N) is 4. The van der Waals surface area contributed by atoms with Gasteiger partial charge in [-0.25, -0.2) is 0 Å². The summed E-state index contributed by atoms with van der Waals surface area (Å²) in [5, 5.41) is 11.1. The van der Waals surface area contributed by atoms with Crippen LogP contribution in [-0.4, -0.2) is 53.4 Å². The van der Waals surface area contributed by atoms with Crippen molar-refractivity contribution in [2.24, 2.45) is 0 Å². The molecule has 0 spiro atoms. The topological polar surface area (TPSA) is 102 Å². The van der Waals surface area contributed by atoms with Gasteiger partial charge in [0.1, 0.15) is 0 Å². The van der Waals surface area contributed by atoms with Crippen molar-refractivity contribution in [1.82, 2.24) is 14.9 Å². The van der Waals surface area contributed by atoms with Crippen molar-refractivity contribution in [1.29, 1.82) is 5.26 Å². The maximum Gasteiger partial charge on any atom is 0.165 e. The van der Waals surface area contributed by atoms with Gasteiger partial charge in [0.05, 0.1) is 22.8 Å². The largest absolute Gasteiger partial charge is 0.398 e. The van der Waals surface area contributed by atoms with Crippen LogP contribution in [0.3, 0.4) is 0 Å². The molecule has 188 valence electrons. The molecule has 2 aliphatic rings. The minimum atomic E-state index is 0.128. The van der Waals surface area contributed by atoms with E-state index >= 15 is 0 Å². The number of piperazine rings is 1. The van der Waals surface area contributed by atoms with Crippen molar-refractivity contribution >= 4 is 39.0 Å². The number of para-hydroxylation sites is 1. The number of pyridine rings is 1. The number of aromatic amines is 1. The van der Waals surface area contributed by atoms with Gasteiger partial charge in [-0.15, -0.1) is 0 Å². The average molecular weight is 493 g/mol. The molecule has 1 saturated heterocycles. The van der Waals surface area contributed by atoms with Crippen LogP contribution < -0.4 is 10.6 Å². The molecule has 2 aromatic carbocycles. The van der Waals surface area contributed by atoms with Crippen molar-refractivity contribution in [3.8, 4) is 6.07 Å². The van der Waals surface area contributed by atoms with Crippen LogP contribution in [0.1, 0.15) is 52.9 Å². The second-order valence-electron chi connectivity index (χ2n) is 10.3. The normalized spacial score (nSPS) is 16.1. The Balaban J connectivity index is 1.08. The van der Waals surface area contributed by atoms with E-state index in [9.17, 15) is 10.1 Å². The van der Waals surface area contributed by atoms with Crippen molar-refractivity contribution in [2.45, 2.75) is 38.5 Å². The summed E-state index contributed by atoms with van der Waals surface area (Å²) in [6, 6.07) is 14.0. The van der Waals surface area contributed by atoms with Gasteiger partial charge in [-0.05, 0) is 68.5 Å². The van der Waals surface area contributed by atoms with E-state index in [4.69, 9.17) is 10.7 Å². The molecule has 37 heavy (non-hydrogen) atoms. The van der Waals surface area contributed by atoms with E-state index in [1.54, 1.807) is 18.3 Å². The first-order chi connectivity index (χ1) is 18.1. The van der Waals surface area contributed by atoms with Crippen LogP contribution in [0.25, 0.3) is 21.8 Å². The first-order valence-corrected chi connectivity index (χ1v) is 13.3. The van der Waals surface area contributed by atoms with E-state index in [0.29, 0.717) is 17.5 Å². The van der Waals surface area contributed by atoms with E-state index in [1.165, 1.54) is 29.8 Å². The highest BCUT2D eigenvalue weighted by Crippen LogP contribution is 2.35. The molecule has 4 aromatic rings. The fourth-order valence-corrected chi connectivity index (χ4v) is 5.95. The van der Waals surface area contributed by atoms with Crippen molar-refractivity contribution in [2.75, 3.05) is 43.4 Å². The standard InChI is InChI=1S/C30H32N6O/c31-18-20-10-11-25-23(17-20)24(19-33-25)28(37)9-4-12-35-13-15-36(16-14-35)27-8-3-6-22-29(32)21-5-1-2-7-26(21)34-30(22)27/h3,6,8,10-11,17,19,33H,1-2,4-5,7,9,12-16H2,(H2,32,34). The molecule has 3 heterocycles. The van der Waals surface area contributed by atoms with E-state index in [-0.39, 0.29) is 5.78 Å². The quantitative estimate of drug-likeness (QED) is 0.374. The number of hydrogen-bond acceptors (Lipinski definition) is 6. The molecule has 7 nitrogen and oxygen atoms in total. The predicted molar refractivity (Wildman–Crippen MR) is 148 cm³/mol. The van der Waals surface area contributed by atoms with Gasteiger partial charge >= 0.3 is 0 Å². The Kier molecular flexibility index (Phi) is 6.27. The zero-order chi connectivity index (χ0) is 25.4. The molecule has 1 aliphatic heterocycles. The van der Waals surface area contributed by atoms with Crippen LogP contribution in [0.5, 0.6) is 0 Å².